The molecule has 0 radical (unpaired) electrons. The maximum atomic E-state index is 5.46. The van der Waals surface area contributed by atoms with E-state index in [0.29, 0.717) is 11.2 Å². The van der Waals surface area contributed by atoms with E-state index in [1.165, 1.54) is 48.4 Å². The van der Waals surface area contributed by atoms with Crippen molar-refractivity contribution in [3.8, 4) is 0 Å². The molecule has 3 aromatic rings. The molecule has 1 aliphatic carbocycles. The van der Waals surface area contributed by atoms with E-state index in [4.69, 9.17) is 12.2 Å². The van der Waals surface area contributed by atoms with Gasteiger partial charge in [0.1, 0.15) is 0 Å². The molecular formula is C21H24N4S. The highest BCUT2D eigenvalue weighted by Crippen LogP contribution is 2.20. The summed E-state index contributed by atoms with van der Waals surface area (Å²) in [6.45, 7) is 0.742. The zero-order chi connectivity index (χ0) is 17.8. The third kappa shape index (κ3) is 4.05. The molecule has 0 spiro atoms. The Labute approximate surface area is 159 Å². The van der Waals surface area contributed by atoms with Gasteiger partial charge >= 0.3 is 0 Å². The summed E-state index contributed by atoms with van der Waals surface area (Å²) in [4.78, 5) is 0. The number of nitrogens with one attached hydrogen (secondary N) is 2. The van der Waals surface area contributed by atoms with Crippen molar-refractivity contribution in [1.82, 2.24) is 15.1 Å². The lowest BCUT2D eigenvalue weighted by Gasteiger charge is -2.24. The number of benzene rings is 2. The summed E-state index contributed by atoms with van der Waals surface area (Å²) in [6, 6.07) is 15.4. The number of rotatable bonds is 4. The minimum Gasteiger partial charge on any atom is -0.360 e. The van der Waals surface area contributed by atoms with E-state index in [-0.39, 0.29) is 0 Å². The Morgan fingerprint density at radius 3 is 2.77 bits per heavy atom. The van der Waals surface area contributed by atoms with Crippen molar-refractivity contribution in [3.63, 3.8) is 0 Å². The van der Waals surface area contributed by atoms with Crippen molar-refractivity contribution < 1.29 is 0 Å². The van der Waals surface area contributed by atoms with Crippen molar-refractivity contribution in [1.29, 1.82) is 0 Å². The first-order chi connectivity index (χ1) is 12.8. The lowest BCUT2D eigenvalue weighted by Crippen LogP contribution is -2.38. The van der Waals surface area contributed by atoms with Crippen LogP contribution in [0.4, 0.5) is 5.69 Å². The van der Waals surface area contributed by atoms with Crippen LogP contribution in [0.5, 0.6) is 0 Å². The SMILES string of the molecule is S=C(Nc1cnn(Cc2cccc3ccccc23)c1)NC1CCCCC1. The van der Waals surface area contributed by atoms with Crippen LogP contribution in [0.1, 0.15) is 37.7 Å². The Bertz CT molecular complexity index is 890. The molecule has 1 aromatic heterocycles. The summed E-state index contributed by atoms with van der Waals surface area (Å²) in [7, 11) is 0. The van der Waals surface area contributed by atoms with E-state index < -0.39 is 0 Å². The van der Waals surface area contributed by atoms with E-state index in [2.05, 4.69) is 58.2 Å². The van der Waals surface area contributed by atoms with E-state index in [0.717, 1.165) is 12.2 Å². The number of aromatic nitrogens is 2. The molecule has 0 atom stereocenters. The maximum Gasteiger partial charge on any atom is 0.171 e. The quantitative estimate of drug-likeness (QED) is 0.658. The molecule has 1 heterocycles. The van der Waals surface area contributed by atoms with Crippen LogP contribution in [-0.4, -0.2) is 20.9 Å². The molecule has 26 heavy (non-hydrogen) atoms. The van der Waals surface area contributed by atoms with Crippen LogP contribution in [0.3, 0.4) is 0 Å². The fraction of sp³-hybridized carbons (Fsp3) is 0.333. The molecule has 1 fully saturated rings. The van der Waals surface area contributed by atoms with Gasteiger partial charge in [0.2, 0.25) is 0 Å². The number of anilines is 1. The molecule has 4 rings (SSSR count). The molecule has 4 nitrogen and oxygen atoms in total. The third-order valence-corrected chi connectivity index (χ3v) is 5.26. The van der Waals surface area contributed by atoms with Crippen molar-refractivity contribution in [2.24, 2.45) is 0 Å². The molecule has 1 saturated carbocycles. The molecule has 1 aliphatic rings. The highest BCUT2D eigenvalue weighted by molar-refractivity contribution is 7.80. The maximum absolute atomic E-state index is 5.46. The summed E-state index contributed by atoms with van der Waals surface area (Å²) in [5, 5.41) is 14.4. The first-order valence-corrected chi connectivity index (χ1v) is 9.75. The molecule has 0 amide bonds. The Morgan fingerprint density at radius 1 is 1.08 bits per heavy atom. The highest BCUT2D eigenvalue weighted by Gasteiger charge is 2.14. The van der Waals surface area contributed by atoms with E-state index in [9.17, 15) is 0 Å². The molecule has 0 aliphatic heterocycles. The molecule has 2 N–H and O–H groups in total. The monoisotopic (exact) mass is 364 g/mol. The van der Waals surface area contributed by atoms with Crippen LogP contribution in [0.25, 0.3) is 10.8 Å². The molecule has 5 heteroatoms. The van der Waals surface area contributed by atoms with Gasteiger partial charge in [-0.1, -0.05) is 61.7 Å². The zero-order valence-electron chi connectivity index (χ0n) is 14.8. The van der Waals surface area contributed by atoms with Crippen LogP contribution in [0, 0.1) is 0 Å². The van der Waals surface area contributed by atoms with Crippen molar-refractivity contribution in [2.75, 3.05) is 5.32 Å². The zero-order valence-corrected chi connectivity index (χ0v) is 15.6. The fourth-order valence-corrected chi connectivity index (χ4v) is 4.00. The van der Waals surface area contributed by atoms with Gasteiger partial charge < -0.3 is 10.6 Å². The van der Waals surface area contributed by atoms with Crippen molar-refractivity contribution in [3.05, 3.63) is 60.4 Å². The van der Waals surface area contributed by atoms with Gasteiger partial charge in [0.05, 0.1) is 18.4 Å². The van der Waals surface area contributed by atoms with Crippen LogP contribution in [-0.2, 0) is 6.54 Å². The van der Waals surface area contributed by atoms with Gasteiger partial charge in [0.25, 0.3) is 0 Å². The van der Waals surface area contributed by atoms with Gasteiger partial charge in [-0.15, -0.1) is 0 Å². The minimum atomic E-state index is 0.509. The molecule has 0 unspecified atom stereocenters. The second-order valence-corrected chi connectivity index (χ2v) is 7.41. The van der Waals surface area contributed by atoms with Gasteiger partial charge in [0.15, 0.2) is 5.11 Å². The molecule has 2 aromatic carbocycles. The molecular weight excluding hydrogens is 340 g/mol. The predicted octanol–water partition coefficient (Wildman–Crippen LogP) is 4.70. The molecule has 134 valence electrons. The smallest absolute Gasteiger partial charge is 0.171 e. The van der Waals surface area contributed by atoms with Crippen LogP contribution in [0.15, 0.2) is 54.9 Å². The van der Waals surface area contributed by atoms with Gasteiger partial charge in [-0.3, -0.25) is 4.68 Å². The average molecular weight is 365 g/mol. The lowest BCUT2D eigenvalue weighted by atomic mass is 9.96. The van der Waals surface area contributed by atoms with E-state index in [1.807, 2.05) is 17.1 Å². The largest absolute Gasteiger partial charge is 0.360 e. The topological polar surface area (TPSA) is 41.9 Å². The van der Waals surface area contributed by atoms with Gasteiger partial charge in [-0.05, 0) is 41.4 Å². The normalized spacial score (nSPS) is 15.1. The third-order valence-electron chi connectivity index (χ3n) is 5.04. The predicted molar refractivity (Wildman–Crippen MR) is 112 cm³/mol. The number of nitrogens with zero attached hydrogens (tertiary/aromatic N) is 2. The fourth-order valence-electron chi connectivity index (χ4n) is 3.72. The summed E-state index contributed by atoms with van der Waals surface area (Å²) in [5.74, 6) is 0. The number of thiocarbonyl (C=S) groups is 1. The number of hydrogen-bond donors (Lipinski definition) is 2. The molecule has 0 saturated heterocycles. The summed E-state index contributed by atoms with van der Waals surface area (Å²) in [6.07, 6.45) is 10.2. The van der Waals surface area contributed by atoms with Crippen LogP contribution < -0.4 is 10.6 Å². The minimum absolute atomic E-state index is 0.509. The standard InChI is InChI=1S/C21H24N4S/c26-21(23-18-10-2-1-3-11-18)24-19-13-22-25(15-19)14-17-9-6-8-16-7-4-5-12-20(16)17/h4-9,12-13,15,18H,1-3,10-11,14H2,(H2,23,24,26). The van der Waals surface area contributed by atoms with Gasteiger partial charge in [0, 0.05) is 12.2 Å². The second kappa shape index (κ2) is 7.87. The first-order valence-electron chi connectivity index (χ1n) is 9.34. The highest BCUT2D eigenvalue weighted by atomic mass is 32.1. The summed E-state index contributed by atoms with van der Waals surface area (Å²) in [5.41, 5.74) is 2.19. The van der Waals surface area contributed by atoms with Gasteiger partial charge in [-0.2, -0.15) is 5.10 Å². The number of hydrogen-bond acceptors (Lipinski definition) is 2. The van der Waals surface area contributed by atoms with Crippen molar-refractivity contribution in [2.45, 2.75) is 44.7 Å². The Morgan fingerprint density at radius 2 is 1.88 bits per heavy atom. The summed E-state index contributed by atoms with van der Waals surface area (Å²) < 4.78 is 1.95. The Balaban J connectivity index is 1.40. The first kappa shape index (κ1) is 17.0. The lowest BCUT2D eigenvalue weighted by molar-refractivity contribution is 0.415. The van der Waals surface area contributed by atoms with E-state index >= 15 is 0 Å². The second-order valence-electron chi connectivity index (χ2n) is 7.00. The Hall–Kier alpha value is -2.40. The van der Waals surface area contributed by atoms with Crippen LogP contribution in [0.2, 0.25) is 0 Å². The summed E-state index contributed by atoms with van der Waals surface area (Å²) >= 11 is 5.46. The van der Waals surface area contributed by atoms with Crippen LogP contribution >= 0.6 is 12.2 Å². The van der Waals surface area contributed by atoms with Gasteiger partial charge in [-0.25, -0.2) is 0 Å². The van der Waals surface area contributed by atoms with Crippen molar-refractivity contribution >= 4 is 33.8 Å². The number of fused-ring (bicyclic) bond motifs is 1. The Kier molecular flexibility index (Phi) is 5.16. The molecule has 0 bridgehead atoms. The average Bonchev–Trinajstić information content (AvgIpc) is 3.09. The van der Waals surface area contributed by atoms with E-state index in [1.54, 1.807) is 0 Å².